The van der Waals surface area contributed by atoms with Gasteiger partial charge in [0.05, 0.1) is 5.69 Å². The molecule has 0 fully saturated rings. The van der Waals surface area contributed by atoms with Crippen molar-refractivity contribution in [1.29, 1.82) is 0 Å². The fourth-order valence-corrected chi connectivity index (χ4v) is 2.67. The molecule has 100 valence electrons. The molecule has 8 heteroatoms. The first-order chi connectivity index (χ1) is 8.33. The van der Waals surface area contributed by atoms with Crippen LogP contribution in [-0.2, 0) is 14.8 Å². The number of rotatable bonds is 5. The number of carbonyl (C=O) groups excluding carboxylic acids is 1. The molecule has 18 heavy (non-hydrogen) atoms. The Bertz CT molecular complexity index is 545. The lowest BCUT2D eigenvalue weighted by molar-refractivity contribution is -0.118. The van der Waals surface area contributed by atoms with Gasteiger partial charge >= 0.3 is 0 Å². The summed E-state index contributed by atoms with van der Waals surface area (Å²) in [5.74, 6) is -0.225. The average Bonchev–Trinajstić information content (AvgIpc) is 2.27. The van der Waals surface area contributed by atoms with Crippen molar-refractivity contribution in [3.8, 4) is 0 Å². The number of carbonyl (C=O) groups is 1. The Morgan fingerprint density at radius 1 is 1.39 bits per heavy atom. The van der Waals surface area contributed by atoms with E-state index in [9.17, 15) is 13.2 Å². The monoisotopic (exact) mass is 291 g/mol. The minimum Gasteiger partial charge on any atom is -0.398 e. The van der Waals surface area contributed by atoms with Gasteiger partial charge in [-0.3, -0.25) is 4.79 Å². The summed E-state index contributed by atoms with van der Waals surface area (Å²) in [6.45, 7) is 1.63. The van der Waals surface area contributed by atoms with Gasteiger partial charge in [-0.1, -0.05) is 11.6 Å². The van der Waals surface area contributed by atoms with Gasteiger partial charge in [0, 0.05) is 25.0 Å². The molecule has 1 aromatic rings. The number of nitrogen functional groups attached to an aromatic ring is 1. The Kier molecular flexibility index (Phi) is 4.94. The lowest BCUT2D eigenvalue weighted by Gasteiger charge is -2.09. The highest BCUT2D eigenvalue weighted by molar-refractivity contribution is 7.89. The van der Waals surface area contributed by atoms with E-state index >= 15 is 0 Å². The van der Waals surface area contributed by atoms with Crippen molar-refractivity contribution in [3.05, 3.63) is 23.2 Å². The average molecular weight is 292 g/mol. The standard InChI is InChI=1S/C10H14ClN3O3S/c1-7(15)13-4-5-14-18(16,17)10-6-8(11)2-3-9(10)12/h2-3,6,14H,4-5,12H2,1H3,(H,13,15). The number of nitrogens with two attached hydrogens (primary N) is 1. The van der Waals surface area contributed by atoms with Crippen LogP contribution in [0, 0.1) is 0 Å². The lowest BCUT2D eigenvalue weighted by Crippen LogP contribution is -2.33. The zero-order chi connectivity index (χ0) is 13.8. The Labute approximate surface area is 111 Å². The van der Waals surface area contributed by atoms with E-state index in [2.05, 4.69) is 10.0 Å². The number of amides is 1. The smallest absolute Gasteiger partial charge is 0.242 e. The van der Waals surface area contributed by atoms with Gasteiger partial charge in [-0.25, -0.2) is 13.1 Å². The zero-order valence-electron chi connectivity index (χ0n) is 9.73. The molecule has 0 bridgehead atoms. The minimum absolute atomic E-state index is 0.0715. The van der Waals surface area contributed by atoms with Gasteiger partial charge in [0.2, 0.25) is 15.9 Å². The molecular weight excluding hydrogens is 278 g/mol. The molecule has 0 spiro atoms. The summed E-state index contributed by atoms with van der Waals surface area (Å²) in [6, 6.07) is 4.20. The van der Waals surface area contributed by atoms with Crippen molar-refractivity contribution >= 4 is 33.2 Å². The Balaban J connectivity index is 2.74. The normalized spacial score (nSPS) is 11.2. The molecule has 0 atom stereocenters. The summed E-state index contributed by atoms with van der Waals surface area (Å²) in [5.41, 5.74) is 5.70. The molecule has 0 saturated heterocycles. The van der Waals surface area contributed by atoms with Crippen LogP contribution in [0.2, 0.25) is 5.02 Å². The number of hydrogen-bond acceptors (Lipinski definition) is 4. The Morgan fingerprint density at radius 2 is 2.06 bits per heavy atom. The van der Waals surface area contributed by atoms with Gasteiger partial charge in [0.15, 0.2) is 0 Å². The van der Waals surface area contributed by atoms with Crippen LogP contribution < -0.4 is 15.8 Å². The van der Waals surface area contributed by atoms with Gasteiger partial charge in [-0.15, -0.1) is 0 Å². The van der Waals surface area contributed by atoms with E-state index in [0.717, 1.165) is 0 Å². The first-order valence-corrected chi connectivity index (χ1v) is 6.98. The molecule has 1 amide bonds. The second-order valence-corrected chi connectivity index (χ2v) is 5.73. The number of nitrogens with one attached hydrogen (secondary N) is 2. The van der Waals surface area contributed by atoms with E-state index < -0.39 is 10.0 Å². The quantitative estimate of drug-likeness (QED) is 0.538. The van der Waals surface area contributed by atoms with Gasteiger partial charge in [0.1, 0.15) is 4.90 Å². The van der Waals surface area contributed by atoms with E-state index in [1.54, 1.807) is 0 Å². The van der Waals surface area contributed by atoms with Crippen LogP contribution in [0.15, 0.2) is 23.1 Å². The van der Waals surface area contributed by atoms with E-state index in [-0.39, 0.29) is 34.6 Å². The van der Waals surface area contributed by atoms with Crippen LogP contribution in [0.25, 0.3) is 0 Å². The summed E-state index contributed by atoms with van der Waals surface area (Å²) >= 11 is 5.72. The van der Waals surface area contributed by atoms with Crippen molar-refractivity contribution in [2.75, 3.05) is 18.8 Å². The van der Waals surface area contributed by atoms with Gasteiger partial charge < -0.3 is 11.1 Å². The van der Waals surface area contributed by atoms with Crippen LogP contribution in [0.1, 0.15) is 6.92 Å². The van der Waals surface area contributed by atoms with E-state index in [0.29, 0.717) is 0 Å². The number of benzene rings is 1. The predicted molar refractivity (Wildman–Crippen MR) is 69.7 cm³/mol. The minimum atomic E-state index is -3.72. The highest BCUT2D eigenvalue weighted by Gasteiger charge is 2.17. The third-order valence-corrected chi connectivity index (χ3v) is 3.81. The number of halogens is 1. The van der Waals surface area contributed by atoms with Crippen molar-refractivity contribution < 1.29 is 13.2 Å². The summed E-state index contributed by atoms with van der Waals surface area (Å²) < 4.78 is 26.1. The van der Waals surface area contributed by atoms with Crippen molar-refractivity contribution in [2.45, 2.75) is 11.8 Å². The van der Waals surface area contributed by atoms with Crippen LogP contribution in [0.4, 0.5) is 5.69 Å². The van der Waals surface area contributed by atoms with Crippen molar-refractivity contribution in [3.63, 3.8) is 0 Å². The number of anilines is 1. The van der Waals surface area contributed by atoms with E-state index in [1.165, 1.54) is 25.1 Å². The first-order valence-electron chi connectivity index (χ1n) is 5.12. The molecule has 0 unspecified atom stereocenters. The molecule has 6 nitrogen and oxygen atoms in total. The van der Waals surface area contributed by atoms with E-state index in [4.69, 9.17) is 17.3 Å². The molecule has 0 aliphatic rings. The fraction of sp³-hybridized carbons (Fsp3) is 0.300. The molecule has 0 aliphatic heterocycles. The number of sulfonamides is 1. The summed E-state index contributed by atoms with van der Waals surface area (Å²) in [5, 5.41) is 2.76. The van der Waals surface area contributed by atoms with Crippen LogP contribution in [-0.4, -0.2) is 27.4 Å². The van der Waals surface area contributed by atoms with Crippen LogP contribution in [0.3, 0.4) is 0 Å². The first kappa shape index (κ1) is 14.7. The third kappa shape index (κ3) is 4.17. The van der Waals surface area contributed by atoms with E-state index in [1.807, 2.05) is 0 Å². The largest absolute Gasteiger partial charge is 0.398 e. The molecule has 0 aliphatic carbocycles. The SMILES string of the molecule is CC(=O)NCCNS(=O)(=O)c1cc(Cl)ccc1N. The van der Waals surface area contributed by atoms with Gasteiger partial charge in [-0.2, -0.15) is 0 Å². The molecule has 1 aromatic carbocycles. The summed E-state index contributed by atoms with van der Waals surface area (Å²) in [6.07, 6.45) is 0. The summed E-state index contributed by atoms with van der Waals surface area (Å²) in [7, 11) is -3.72. The maximum Gasteiger partial charge on any atom is 0.242 e. The predicted octanol–water partition coefficient (Wildman–Crippen LogP) is 0.337. The zero-order valence-corrected chi connectivity index (χ0v) is 11.3. The second kappa shape index (κ2) is 6.03. The Morgan fingerprint density at radius 3 is 2.67 bits per heavy atom. The lowest BCUT2D eigenvalue weighted by atomic mass is 10.3. The van der Waals surface area contributed by atoms with Gasteiger partial charge in [0.25, 0.3) is 0 Å². The van der Waals surface area contributed by atoms with Gasteiger partial charge in [-0.05, 0) is 18.2 Å². The van der Waals surface area contributed by atoms with Crippen LogP contribution >= 0.6 is 11.6 Å². The Hall–Kier alpha value is -1.31. The third-order valence-electron chi connectivity index (χ3n) is 2.06. The highest BCUT2D eigenvalue weighted by Crippen LogP contribution is 2.22. The van der Waals surface area contributed by atoms with Crippen LogP contribution in [0.5, 0.6) is 0 Å². The number of hydrogen-bond donors (Lipinski definition) is 3. The highest BCUT2D eigenvalue weighted by atomic mass is 35.5. The maximum absolute atomic E-state index is 11.9. The van der Waals surface area contributed by atoms with Crippen molar-refractivity contribution in [1.82, 2.24) is 10.0 Å². The molecule has 4 N–H and O–H groups in total. The molecule has 0 aromatic heterocycles. The fourth-order valence-electron chi connectivity index (χ4n) is 1.24. The topological polar surface area (TPSA) is 101 Å². The molecular formula is C10H14ClN3O3S. The second-order valence-electron chi connectivity index (χ2n) is 3.56. The van der Waals surface area contributed by atoms with Crippen molar-refractivity contribution in [2.24, 2.45) is 0 Å². The molecule has 0 heterocycles. The molecule has 0 saturated carbocycles. The molecule has 1 rings (SSSR count). The summed E-state index contributed by atoms with van der Waals surface area (Å²) in [4.78, 5) is 10.5. The molecule has 0 radical (unpaired) electrons. The maximum atomic E-state index is 11.9.